The van der Waals surface area contributed by atoms with E-state index in [9.17, 15) is 18.0 Å². The summed E-state index contributed by atoms with van der Waals surface area (Å²) in [5.74, 6) is -1.67. The first-order valence-electron chi connectivity index (χ1n) is 6.78. The monoisotopic (exact) mass is 336 g/mol. The Morgan fingerprint density at radius 1 is 1.38 bits per heavy atom. The average molecular weight is 336 g/mol. The number of benzene rings is 1. The van der Waals surface area contributed by atoms with Crippen molar-refractivity contribution in [2.75, 3.05) is 5.32 Å². The molecule has 3 aromatic rings. The summed E-state index contributed by atoms with van der Waals surface area (Å²) < 4.78 is 41.1. The minimum absolute atomic E-state index is 0.166. The molecule has 0 radical (unpaired) electrons. The Bertz CT molecular complexity index is 875. The van der Waals surface area contributed by atoms with Gasteiger partial charge in [-0.3, -0.25) is 9.89 Å². The van der Waals surface area contributed by atoms with Crippen LogP contribution in [-0.4, -0.2) is 31.1 Å². The number of hydrogen-bond acceptors (Lipinski definition) is 4. The van der Waals surface area contributed by atoms with Crippen LogP contribution in [0, 0.1) is 12.7 Å². The third kappa shape index (κ3) is 2.85. The van der Waals surface area contributed by atoms with Gasteiger partial charge in [-0.15, -0.1) is 5.10 Å². The molecular formula is C14H11F3N6O. The summed E-state index contributed by atoms with van der Waals surface area (Å²) in [5.41, 5.74) is -0.443. The zero-order chi connectivity index (χ0) is 17.3. The molecule has 0 spiro atoms. The summed E-state index contributed by atoms with van der Waals surface area (Å²) >= 11 is 0. The number of halogens is 3. The second-order valence-corrected chi connectivity index (χ2v) is 4.88. The summed E-state index contributed by atoms with van der Waals surface area (Å²) in [4.78, 5) is 12.3. The number of hydrogen-bond donors (Lipinski definition) is 2. The van der Waals surface area contributed by atoms with E-state index in [2.05, 4.69) is 25.8 Å². The Hall–Kier alpha value is -3.17. The Balaban J connectivity index is 1.93. The number of carbonyl (C=O) groups is 1. The second-order valence-electron chi connectivity index (χ2n) is 4.88. The number of alkyl halides is 2. The third-order valence-corrected chi connectivity index (χ3v) is 3.30. The van der Waals surface area contributed by atoms with Crippen LogP contribution in [0.15, 0.2) is 30.6 Å². The molecule has 10 heteroatoms. The molecule has 24 heavy (non-hydrogen) atoms. The molecule has 1 amide bonds. The quantitative estimate of drug-likeness (QED) is 0.766. The summed E-state index contributed by atoms with van der Waals surface area (Å²) in [5, 5.41) is 15.4. The van der Waals surface area contributed by atoms with Gasteiger partial charge in [0.05, 0.1) is 35.0 Å². The van der Waals surface area contributed by atoms with Crippen molar-refractivity contribution >= 4 is 11.6 Å². The largest absolute Gasteiger partial charge is 0.319 e. The predicted molar refractivity (Wildman–Crippen MR) is 77.6 cm³/mol. The molecule has 0 saturated carbocycles. The predicted octanol–water partition coefficient (Wildman–Crippen LogP) is 2.63. The lowest BCUT2D eigenvalue weighted by Crippen LogP contribution is -2.16. The number of aromatic amines is 1. The number of aryl methyl sites for hydroxylation is 1. The van der Waals surface area contributed by atoms with Crippen LogP contribution in [-0.2, 0) is 0 Å². The number of nitrogens with one attached hydrogen (secondary N) is 2. The first-order valence-corrected chi connectivity index (χ1v) is 6.78. The third-order valence-electron chi connectivity index (χ3n) is 3.30. The summed E-state index contributed by atoms with van der Waals surface area (Å²) in [6.45, 7) is 1.47. The smallest absolute Gasteiger partial charge is 0.284 e. The van der Waals surface area contributed by atoms with Gasteiger partial charge in [0.1, 0.15) is 5.82 Å². The molecule has 0 unspecified atom stereocenters. The van der Waals surface area contributed by atoms with Crippen molar-refractivity contribution in [1.82, 2.24) is 25.2 Å². The van der Waals surface area contributed by atoms with Crippen LogP contribution in [0.25, 0.3) is 5.69 Å². The molecule has 1 aromatic carbocycles. The van der Waals surface area contributed by atoms with E-state index >= 15 is 0 Å². The molecular weight excluding hydrogens is 325 g/mol. The van der Waals surface area contributed by atoms with Crippen molar-refractivity contribution < 1.29 is 18.0 Å². The Morgan fingerprint density at radius 2 is 2.17 bits per heavy atom. The fourth-order valence-electron chi connectivity index (χ4n) is 2.12. The van der Waals surface area contributed by atoms with Gasteiger partial charge in [-0.2, -0.15) is 5.10 Å². The van der Waals surface area contributed by atoms with Gasteiger partial charge in [0.15, 0.2) is 5.69 Å². The topological polar surface area (TPSA) is 88.5 Å². The maximum atomic E-state index is 14.0. The Kier molecular flexibility index (Phi) is 4.02. The molecule has 0 aliphatic heterocycles. The number of anilines is 1. The molecule has 0 saturated heterocycles. The minimum Gasteiger partial charge on any atom is -0.319 e. The van der Waals surface area contributed by atoms with Gasteiger partial charge < -0.3 is 5.32 Å². The average Bonchev–Trinajstić information content (AvgIpc) is 3.18. The van der Waals surface area contributed by atoms with Gasteiger partial charge in [-0.25, -0.2) is 17.9 Å². The number of nitrogens with zero attached hydrogens (tertiary/aromatic N) is 4. The molecule has 124 valence electrons. The van der Waals surface area contributed by atoms with Gasteiger partial charge in [-0.1, -0.05) is 5.21 Å². The minimum atomic E-state index is -2.88. The van der Waals surface area contributed by atoms with E-state index < -0.39 is 23.8 Å². The summed E-state index contributed by atoms with van der Waals surface area (Å²) in [7, 11) is 0. The molecule has 0 atom stereocenters. The van der Waals surface area contributed by atoms with Gasteiger partial charge in [0.25, 0.3) is 12.3 Å². The standard InChI is InChI=1S/C14H11F3N6O/c1-7-11(12(13(16)17)21-20-7)19-14(24)9-6-8(2-3-10(9)15)23-5-4-18-22-23/h2-6,13H,1H3,(H,19,24)(H,20,21). The highest BCUT2D eigenvalue weighted by Gasteiger charge is 2.22. The maximum Gasteiger partial charge on any atom is 0.284 e. The van der Waals surface area contributed by atoms with Crippen LogP contribution >= 0.6 is 0 Å². The van der Waals surface area contributed by atoms with Gasteiger partial charge in [0.2, 0.25) is 0 Å². The van der Waals surface area contributed by atoms with Crippen LogP contribution in [0.4, 0.5) is 18.9 Å². The van der Waals surface area contributed by atoms with E-state index in [1.165, 1.54) is 36.1 Å². The van der Waals surface area contributed by atoms with Crippen LogP contribution in [0.5, 0.6) is 0 Å². The van der Waals surface area contributed by atoms with Crippen LogP contribution in [0.2, 0.25) is 0 Å². The molecule has 0 fully saturated rings. The second kappa shape index (κ2) is 6.14. The van der Waals surface area contributed by atoms with Crippen LogP contribution in [0.1, 0.15) is 28.2 Å². The Labute approximate surface area is 133 Å². The number of amides is 1. The number of aromatic nitrogens is 5. The van der Waals surface area contributed by atoms with E-state index in [1.807, 2.05) is 0 Å². The molecule has 2 aromatic heterocycles. The van der Waals surface area contributed by atoms with E-state index in [0.717, 1.165) is 6.07 Å². The van der Waals surface area contributed by atoms with Crippen molar-refractivity contribution in [2.24, 2.45) is 0 Å². The van der Waals surface area contributed by atoms with Crippen LogP contribution in [0.3, 0.4) is 0 Å². The molecule has 2 N–H and O–H groups in total. The van der Waals surface area contributed by atoms with Crippen molar-refractivity contribution in [1.29, 1.82) is 0 Å². The zero-order valence-corrected chi connectivity index (χ0v) is 12.3. The molecule has 0 aliphatic rings. The highest BCUT2D eigenvalue weighted by atomic mass is 19.3. The van der Waals surface area contributed by atoms with Crippen molar-refractivity contribution in [3.8, 4) is 5.69 Å². The molecule has 0 bridgehead atoms. The molecule has 7 nitrogen and oxygen atoms in total. The normalized spacial score (nSPS) is 11.0. The van der Waals surface area contributed by atoms with E-state index in [-0.39, 0.29) is 16.9 Å². The molecule has 2 heterocycles. The fraction of sp³-hybridized carbons (Fsp3) is 0.143. The maximum absolute atomic E-state index is 14.0. The highest BCUT2D eigenvalue weighted by molar-refractivity contribution is 6.05. The first kappa shape index (κ1) is 15.7. The fourth-order valence-corrected chi connectivity index (χ4v) is 2.12. The van der Waals surface area contributed by atoms with E-state index in [4.69, 9.17) is 0 Å². The number of carbonyl (C=O) groups excluding carboxylic acids is 1. The summed E-state index contributed by atoms with van der Waals surface area (Å²) in [6.07, 6.45) is 0.0632. The number of H-pyrrole nitrogens is 1. The number of rotatable bonds is 4. The molecule has 3 rings (SSSR count). The lowest BCUT2D eigenvalue weighted by atomic mass is 10.1. The van der Waals surface area contributed by atoms with E-state index in [0.29, 0.717) is 5.69 Å². The van der Waals surface area contributed by atoms with Crippen molar-refractivity contribution in [3.63, 3.8) is 0 Å². The zero-order valence-electron chi connectivity index (χ0n) is 12.3. The van der Waals surface area contributed by atoms with Gasteiger partial charge in [-0.05, 0) is 25.1 Å². The first-order chi connectivity index (χ1) is 11.5. The van der Waals surface area contributed by atoms with Crippen molar-refractivity contribution in [3.05, 3.63) is 53.4 Å². The van der Waals surface area contributed by atoms with Gasteiger partial charge >= 0.3 is 0 Å². The Morgan fingerprint density at radius 3 is 2.83 bits per heavy atom. The van der Waals surface area contributed by atoms with Gasteiger partial charge in [0, 0.05) is 0 Å². The summed E-state index contributed by atoms with van der Waals surface area (Å²) in [6, 6.07) is 3.74. The highest BCUT2D eigenvalue weighted by Crippen LogP contribution is 2.28. The lowest BCUT2D eigenvalue weighted by molar-refractivity contribution is 0.102. The SMILES string of the molecule is Cc1[nH]nc(C(F)F)c1NC(=O)c1cc(-n2ccnn2)ccc1F. The molecule has 0 aliphatic carbocycles. The van der Waals surface area contributed by atoms with E-state index in [1.54, 1.807) is 0 Å². The van der Waals surface area contributed by atoms with Crippen LogP contribution < -0.4 is 5.32 Å². The van der Waals surface area contributed by atoms with Crippen molar-refractivity contribution in [2.45, 2.75) is 13.3 Å². The lowest BCUT2D eigenvalue weighted by Gasteiger charge is -2.09.